The van der Waals surface area contributed by atoms with Crippen LogP contribution in [0.2, 0.25) is 0 Å². The van der Waals surface area contributed by atoms with E-state index in [9.17, 15) is 9.59 Å². The van der Waals surface area contributed by atoms with Crippen LogP contribution in [0.25, 0.3) is 0 Å². The minimum absolute atomic E-state index is 0.0450. The molecule has 0 radical (unpaired) electrons. The molecule has 1 unspecified atom stereocenters. The van der Waals surface area contributed by atoms with Crippen molar-refractivity contribution in [3.8, 4) is 11.5 Å². The van der Waals surface area contributed by atoms with Gasteiger partial charge in [-0.25, -0.2) is 0 Å². The van der Waals surface area contributed by atoms with Crippen molar-refractivity contribution in [1.82, 2.24) is 5.32 Å². The van der Waals surface area contributed by atoms with Gasteiger partial charge < -0.3 is 24.1 Å². The number of carbonyl (C=O) groups is 2. The summed E-state index contributed by atoms with van der Waals surface area (Å²) in [5, 5.41) is 2.82. The number of anilines is 1. The van der Waals surface area contributed by atoms with Crippen LogP contribution in [0.15, 0.2) is 41.0 Å². The maximum absolute atomic E-state index is 12.3. The number of carbonyl (C=O) groups excluding carboxylic acids is 2. The van der Waals surface area contributed by atoms with Crippen molar-refractivity contribution < 1.29 is 23.5 Å². The number of rotatable bonds is 3. The van der Waals surface area contributed by atoms with E-state index < -0.39 is 0 Å². The fourth-order valence-corrected chi connectivity index (χ4v) is 2.92. The molecule has 0 saturated carbocycles. The summed E-state index contributed by atoms with van der Waals surface area (Å²) in [6.45, 7) is 1.42. The zero-order chi connectivity index (χ0) is 16.5. The summed E-state index contributed by atoms with van der Waals surface area (Å²) >= 11 is 0. The number of nitrogens with one attached hydrogen (secondary N) is 1. The Morgan fingerprint density at radius 2 is 2.00 bits per heavy atom. The smallest absolute Gasteiger partial charge is 0.287 e. The topological polar surface area (TPSA) is 81.0 Å². The standard InChI is InChI=1S/C17H16N2O5/c20-16-8-11(18-17(21)14-2-1-5-22-14)10-19(16)12-3-4-13-15(9-12)24-7-6-23-13/h1-5,9,11H,6-8,10H2,(H,18,21). The molecule has 0 bridgehead atoms. The Bertz CT molecular complexity index is 771. The second kappa shape index (κ2) is 5.92. The van der Waals surface area contributed by atoms with Crippen LogP contribution >= 0.6 is 0 Å². The molecule has 0 spiro atoms. The van der Waals surface area contributed by atoms with Gasteiger partial charge in [-0.2, -0.15) is 0 Å². The molecule has 2 aromatic rings. The number of ether oxygens (including phenoxy) is 2. The second-order valence-electron chi connectivity index (χ2n) is 5.68. The van der Waals surface area contributed by atoms with Crippen LogP contribution < -0.4 is 19.7 Å². The summed E-state index contributed by atoms with van der Waals surface area (Å²) in [6.07, 6.45) is 1.69. The highest BCUT2D eigenvalue weighted by Gasteiger charge is 2.32. The van der Waals surface area contributed by atoms with Gasteiger partial charge in [0.25, 0.3) is 5.91 Å². The molecule has 4 rings (SSSR count). The fourth-order valence-electron chi connectivity index (χ4n) is 2.92. The number of hydrogen-bond donors (Lipinski definition) is 1. The molecule has 124 valence electrons. The normalized spacial score (nSPS) is 19.4. The highest BCUT2D eigenvalue weighted by Crippen LogP contribution is 2.35. The van der Waals surface area contributed by atoms with Gasteiger partial charge >= 0.3 is 0 Å². The highest BCUT2D eigenvalue weighted by atomic mass is 16.6. The molecule has 2 amide bonds. The van der Waals surface area contributed by atoms with E-state index in [4.69, 9.17) is 13.9 Å². The third-order valence-electron chi connectivity index (χ3n) is 4.04. The number of benzene rings is 1. The van der Waals surface area contributed by atoms with Gasteiger partial charge in [-0.05, 0) is 24.3 Å². The van der Waals surface area contributed by atoms with E-state index in [0.717, 1.165) is 5.69 Å². The number of nitrogens with zero attached hydrogens (tertiary/aromatic N) is 1. The molecule has 1 fully saturated rings. The van der Waals surface area contributed by atoms with E-state index in [1.54, 1.807) is 29.2 Å². The molecule has 1 saturated heterocycles. The third kappa shape index (κ3) is 2.68. The maximum atomic E-state index is 12.3. The monoisotopic (exact) mass is 328 g/mol. The number of furan rings is 1. The highest BCUT2D eigenvalue weighted by molar-refractivity contribution is 5.98. The first-order chi connectivity index (χ1) is 11.7. The molecule has 7 heteroatoms. The molecular weight excluding hydrogens is 312 g/mol. The van der Waals surface area contributed by atoms with E-state index in [1.807, 2.05) is 6.07 Å². The quantitative estimate of drug-likeness (QED) is 0.925. The Morgan fingerprint density at radius 3 is 2.79 bits per heavy atom. The van der Waals surface area contributed by atoms with Gasteiger partial charge in [0.2, 0.25) is 5.91 Å². The lowest BCUT2D eigenvalue weighted by molar-refractivity contribution is -0.117. The number of amides is 2. The van der Waals surface area contributed by atoms with Crippen molar-refractivity contribution in [2.24, 2.45) is 0 Å². The molecule has 3 heterocycles. The molecular formula is C17H16N2O5. The van der Waals surface area contributed by atoms with E-state index in [0.29, 0.717) is 31.3 Å². The van der Waals surface area contributed by atoms with Gasteiger partial charge in [0.15, 0.2) is 17.3 Å². The first kappa shape index (κ1) is 14.6. The van der Waals surface area contributed by atoms with Crippen LogP contribution in [0.3, 0.4) is 0 Å². The third-order valence-corrected chi connectivity index (χ3v) is 4.04. The van der Waals surface area contributed by atoms with Crippen molar-refractivity contribution in [2.75, 3.05) is 24.7 Å². The largest absolute Gasteiger partial charge is 0.486 e. The van der Waals surface area contributed by atoms with Crippen molar-refractivity contribution in [3.05, 3.63) is 42.4 Å². The van der Waals surface area contributed by atoms with Gasteiger partial charge in [0, 0.05) is 24.7 Å². The SMILES string of the molecule is O=C(NC1CC(=O)N(c2ccc3c(c2)OCCO3)C1)c1ccco1. The molecule has 2 aliphatic heterocycles. The number of fused-ring (bicyclic) bond motifs is 1. The van der Waals surface area contributed by atoms with Gasteiger partial charge in [0.05, 0.1) is 12.3 Å². The summed E-state index contributed by atoms with van der Waals surface area (Å²) in [7, 11) is 0. The second-order valence-corrected chi connectivity index (χ2v) is 5.68. The molecule has 7 nitrogen and oxygen atoms in total. The summed E-state index contributed by atoms with van der Waals surface area (Å²) in [5.41, 5.74) is 0.735. The van der Waals surface area contributed by atoms with Gasteiger partial charge in [0.1, 0.15) is 13.2 Å². The summed E-state index contributed by atoms with van der Waals surface area (Å²) < 4.78 is 16.1. The van der Waals surface area contributed by atoms with Crippen LogP contribution in [0, 0.1) is 0 Å². The Labute approximate surface area is 138 Å². The first-order valence-electron chi connectivity index (χ1n) is 7.75. The maximum Gasteiger partial charge on any atom is 0.287 e. The minimum Gasteiger partial charge on any atom is -0.486 e. The van der Waals surface area contributed by atoms with Gasteiger partial charge in [-0.1, -0.05) is 0 Å². The molecule has 24 heavy (non-hydrogen) atoms. The molecule has 1 aromatic heterocycles. The molecule has 1 aromatic carbocycles. The van der Waals surface area contributed by atoms with Crippen molar-refractivity contribution >= 4 is 17.5 Å². The van der Waals surface area contributed by atoms with Crippen LogP contribution in [0.4, 0.5) is 5.69 Å². The predicted molar refractivity (Wildman–Crippen MR) is 84.4 cm³/mol. The lowest BCUT2D eigenvalue weighted by Gasteiger charge is -2.22. The Kier molecular flexibility index (Phi) is 3.60. The zero-order valence-electron chi connectivity index (χ0n) is 12.9. The molecule has 1 N–H and O–H groups in total. The van der Waals surface area contributed by atoms with Crippen LogP contribution in [0.5, 0.6) is 11.5 Å². The lowest BCUT2D eigenvalue weighted by atomic mass is 10.2. The van der Waals surface area contributed by atoms with Crippen LogP contribution in [0.1, 0.15) is 17.0 Å². The van der Waals surface area contributed by atoms with E-state index in [2.05, 4.69) is 5.32 Å². The Hall–Kier alpha value is -2.96. The average Bonchev–Trinajstić information content (AvgIpc) is 3.24. The van der Waals surface area contributed by atoms with E-state index >= 15 is 0 Å². The van der Waals surface area contributed by atoms with Gasteiger partial charge in [-0.3, -0.25) is 9.59 Å². The first-order valence-corrected chi connectivity index (χ1v) is 7.75. The average molecular weight is 328 g/mol. The fraction of sp³-hybridized carbons (Fsp3) is 0.294. The van der Waals surface area contributed by atoms with E-state index in [1.165, 1.54) is 6.26 Å². The lowest BCUT2D eigenvalue weighted by Crippen LogP contribution is -2.37. The summed E-state index contributed by atoms with van der Waals surface area (Å²) in [4.78, 5) is 26.0. The number of hydrogen-bond acceptors (Lipinski definition) is 5. The Balaban J connectivity index is 1.47. The Morgan fingerprint density at radius 1 is 1.17 bits per heavy atom. The summed E-state index contributed by atoms with van der Waals surface area (Å²) in [5.74, 6) is 1.19. The molecule has 0 aliphatic carbocycles. The van der Waals surface area contributed by atoms with Crippen LogP contribution in [-0.2, 0) is 4.79 Å². The molecule has 1 atom stereocenters. The van der Waals surface area contributed by atoms with Crippen molar-refractivity contribution in [2.45, 2.75) is 12.5 Å². The van der Waals surface area contributed by atoms with Gasteiger partial charge in [-0.15, -0.1) is 0 Å². The zero-order valence-corrected chi connectivity index (χ0v) is 12.9. The molecule has 2 aliphatic rings. The van der Waals surface area contributed by atoms with E-state index in [-0.39, 0.29) is 30.0 Å². The van der Waals surface area contributed by atoms with Crippen molar-refractivity contribution in [3.63, 3.8) is 0 Å². The minimum atomic E-state index is -0.318. The predicted octanol–water partition coefficient (Wildman–Crippen LogP) is 1.59. The van der Waals surface area contributed by atoms with Crippen molar-refractivity contribution in [1.29, 1.82) is 0 Å². The summed E-state index contributed by atoms with van der Waals surface area (Å²) in [6, 6.07) is 8.39. The van der Waals surface area contributed by atoms with Crippen LogP contribution in [-0.4, -0.2) is 37.6 Å².